The maximum absolute atomic E-state index is 10.5. The second-order valence-corrected chi connectivity index (χ2v) is 2.39. The number of nitrogens with zero attached hydrogens (tertiary/aromatic N) is 1. The Morgan fingerprint density at radius 3 is 2.46 bits per heavy atom. The Morgan fingerprint density at radius 2 is 2.00 bits per heavy atom. The maximum atomic E-state index is 10.5. The fraction of sp³-hybridized carbons (Fsp3) is 0. The summed E-state index contributed by atoms with van der Waals surface area (Å²) in [7, 11) is 0. The zero-order valence-corrected chi connectivity index (χ0v) is 6.77. The molecule has 0 aliphatic heterocycles. The molecule has 3 nitrogen and oxygen atoms in total. The van der Waals surface area contributed by atoms with E-state index in [1.807, 2.05) is 6.07 Å². The van der Waals surface area contributed by atoms with Gasteiger partial charge in [-0.15, -0.1) is 0 Å². The summed E-state index contributed by atoms with van der Waals surface area (Å²) in [6, 6.07) is 8.16. The minimum absolute atomic E-state index is 0.245. The number of rotatable bonds is 2. The van der Waals surface area contributed by atoms with Gasteiger partial charge in [0.25, 0.3) is 0 Å². The van der Waals surface area contributed by atoms with E-state index in [1.165, 1.54) is 18.2 Å². The van der Waals surface area contributed by atoms with E-state index >= 15 is 0 Å². The molecule has 0 aliphatic carbocycles. The summed E-state index contributed by atoms with van der Waals surface area (Å²) in [5, 5.41) is 16.8. The van der Waals surface area contributed by atoms with Crippen molar-refractivity contribution in [3.63, 3.8) is 0 Å². The normalized spacial score (nSPS) is 9.77. The SMILES string of the molecule is N#C/C=C\c1ccc(C(=O)O)cc1. The van der Waals surface area contributed by atoms with Crippen LogP contribution in [0.5, 0.6) is 0 Å². The van der Waals surface area contributed by atoms with Crippen LogP contribution in [-0.2, 0) is 0 Å². The number of carboxylic acid groups (broad SMARTS) is 1. The molecule has 0 spiro atoms. The molecule has 64 valence electrons. The number of nitriles is 1. The second kappa shape index (κ2) is 4.07. The van der Waals surface area contributed by atoms with Gasteiger partial charge in [-0.25, -0.2) is 4.79 Å². The summed E-state index contributed by atoms with van der Waals surface area (Å²) < 4.78 is 0. The van der Waals surface area contributed by atoms with E-state index in [2.05, 4.69) is 0 Å². The Kier molecular flexibility index (Phi) is 2.82. The van der Waals surface area contributed by atoms with E-state index in [4.69, 9.17) is 10.4 Å². The first-order valence-electron chi connectivity index (χ1n) is 3.63. The first-order valence-corrected chi connectivity index (χ1v) is 3.63. The first-order chi connectivity index (χ1) is 6.24. The van der Waals surface area contributed by atoms with E-state index in [1.54, 1.807) is 18.2 Å². The Hall–Kier alpha value is -2.08. The van der Waals surface area contributed by atoms with Crippen LogP contribution in [0.2, 0.25) is 0 Å². The summed E-state index contributed by atoms with van der Waals surface area (Å²) in [4.78, 5) is 10.5. The van der Waals surface area contributed by atoms with Crippen LogP contribution in [0.1, 0.15) is 15.9 Å². The van der Waals surface area contributed by atoms with Crippen LogP contribution in [0.25, 0.3) is 6.08 Å². The molecular formula is C10H7NO2. The largest absolute Gasteiger partial charge is 0.478 e. The van der Waals surface area contributed by atoms with Gasteiger partial charge in [0.1, 0.15) is 0 Å². The van der Waals surface area contributed by atoms with Crippen LogP contribution in [0, 0.1) is 11.3 Å². The number of carbonyl (C=O) groups is 1. The molecule has 0 saturated carbocycles. The van der Waals surface area contributed by atoms with Gasteiger partial charge in [0, 0.05) is 6.08 Å². The third kappa shape index (κ3) is 2.46. The van der Waals surface area contributed by atoms with Crippen molar-refractivity contribution in [1.29, 1.82) is 5.26 Å². The minimum atomic E-state index is -0.948. The Labute approximate surface area is 75.5 Å². The van der Waals surface area contributed by atoms with Crippen LogP contribution >= 0.6 is 0 Å². The monoisotopic (exact) mass is 173 g/mol. The number of carboxylic acids is 1. The smallest absolute Gasteiger partial charge is 0.335 e. The first kappa shape index (κ1) is 9.01. The lowest BCUT2D eigenvalue weighted by Gasteiger charge is -1.94. The lowest BCUT2D eigenvalue weighted by molar-refractivity contribution is 0.0697. The summed E-state index contributed by atoms with van der Waals surface area (Å²) in [5.41, 5.74) is 1.06. The highest BCUT2D eigenvalue weighted by Gasteiger charge is 1.99. The topological polar surface area (TPSA) is 61.1 Å². The van der Waals surface area contributed by atoms with Crippen LogP contribution in [0.3, 0.4) is 0 Å². The van der Waals surface area contributed by atoms with Crippen molar-refractivity contribution >= 4 is 12.0 Å². The molecule has 0 fully saturated rings. The third-order valence-corrected chi connectivity index (χ3v) is 1.51. The lowest BCUT2D eigenvalue weighted by Crippen LogP contribution is -1.94. The Balaban J connectivity index is 2.89. The molecule has 0 aliphatic rings. The van der Waals surface area contributed by atoms with Crippen molar-refractivity contribution in [1.82, 2.24) is 0 Å². The number of hydrogen-bond donors (Lipinski definition) is 1. The lowest BCUT2D eigenvalue weighted by atomic mass is 10.1. The number of allylic oxidation sites excluding steroid dienone is 1. The minimum Gasteiger partial charge on any atom is -0.478 e. The molecule has 0 aromatic heterocycles. The van der Waals surface area contributed by atoms with Gasteiger partial charge in [-0.1, -0.05) is 12.1 Å². The molecular weight excluding hydrogens is 166 g/mol. The van der Waals surface area contributed by atoms with Crippen molar-refractivity contribution in [2.75, 3.05) is 0 Å². The van der Waals surface area contributed by atoms with E-state index < -0.39 is 5.97 Å². The van der Waals surface area contributed by atoms with E-state index in [0.717, 1.165) is 5.56 Å². The van der Waals surface area contributed by atoms with Gasteiger partial charge in [0.15, 0.2) is 0 Å². The molecule has 1 aromatic carbocycles. The fourth-order valence-electron chi connectivity index (χ4n) is 0.870. The predicted molar refractivity (Wildman–Crippen MR) is 48.0 cm³/mol. The molecule has 1 aromatic rings. The second-order valence-electron chi connectivity index (χ2n) is 2.39. The van der Waals surface area contributed by atoms with E-state index in [0.29, 0.717) is 0 Å². The molecule has 1 rings (SSSR count). The molecule has 0 heterocycles. The highest BCUT2D eigenvalue weighted by atomic mass is 16.4. The van der Waals surface area contributed by atoms with Crippen molar-refractivity contribution in [3.05, 3.63) is 41.5 Å². The summed E-state index contributed by atoms with van der Waals surface area (Å²) >= 11 is 0. The predicted octanol–water partition coefficient (Wildman–Crippen LogP) is 1.92. The summed E-state index contributed by atoms with van der Waals surface area (Å²) in [6.45, 7) is 0. The van der Waals surface area contributed by atoms with Crippen LogP contribution in [0.4, 0.5) is 0 Å². The van der Waals surface area contributed by atoms with Crippen molar-refractivity contribution in [3.8, 4) is 6.07 Å². The van der Waals surface area contributed by atoms with Gasteiger partial charge in [-0.05, 0) is 23.8 Å². The van der Waals surface area contributed by atoms with Gasteiger partial charge in [0.05, 0.1) is 11.6 Å². The van der Waals surface area contributed by atoms with E-state index in [-0.39, 0.29) is 5.56 Å². The van der Waals surface area contributed by atoms with Gasteiger partial charge < -0.3 is 5.11 Å². The molecule has 0 amide bonds. The summed E-state index contributed by atoms with van der Waals surface area (Å²) in [5.74, 6) is -0.948. The molecule has 1 N–H and O–H groups in total. The molecule has 0 bridgehead atoms. The van der Waals surface area contributed by atoms with Gasteiger partial charge in [-0.2, -0.15) is 5.26 Å². The van der Waals surface area contributed by atoms with Crippen LogP contribution in [0.15, 0.2) is 30.3 Å². The van der Waals surface area contributed by atoms with Crippen molar-refractivity contribution < 1.29 is 9.90 Å². The quantitative estimate of drug-likeness (QED) is 0.695. The molecule has 0 saturated heterocycles. The maximum Gasteiger partial charge on any atom is 0.335 e. The van der Waals surface area contributed by atoms with Crippen LogP contribution < -0.4 is 0 Å². The van der Waals surface area contributed by atoms with E-state index in [9.17, 15) is 4.79 Å². The summed E-state index contributed by atoms with van der Waals surface area (Å²) in [6.07, 6.45) is 2.96. The standard InChI is InChI=1S/C10H7NO2/c11-7-1-2-8-3-5-9(6-4-8)10(12)13/h1-6H,(H,12,13)/b2-1-. The molecule has 13 heavy (non-hydrogen) atoms. The number of hydrogen-bond acceptors (Lipinski definition) is 2. The fourth-order valence-corrected chi connectivity index (χ4v) is 0.870. The number of aromatic carboxylic acids is 1. The molecule has 0 radical (unpaired) electrons. The molecule has 0 unspecified atom stereocenters. The average molecular weight is 173 g/mol. The van der Waals surface area contributed by atoms with Gasteiger partial charge in [-0.3, -0.25) is 0 Å². The van der Waals surface area contributed by atoms with Gasteiger partial charge in [0.2, 0.25) is 0 Å². The molecule has 0 atom stereocenters. The Bertz CT molecular complexity index is 371. The van der Waals surface area contributed by atoms with Crippen LogP contribution in [-0.4, -0.2) is 11.1 Å². The molecule has 3 heteroatoms. The zero-order chi connectivity index (χ0) is 9.68. The van der Waals surface area contributed by atoms with Gasteiger partial charge >= 0.3 is 5.97 Å². The zero-order valence-electron chi connectivity index (χ0n) is 6.77. The average Bonchev–Trinajstić information content (AvgIpc) is 2.15. The highest BCUT2D eigenvalue weighted by Crippen LogP contribution is 2.05. The van der Waals surface area contributed by atoms with Crippen molar-refractivity contribution in [2.24, 2.45) is 0 Å². The van der Waals surface area contributed by atoms with Crippen molar-refractivity contribution in [2.45, 2.75) is 0 Å². The highest BCUT2D eigenvalue weighted by molar-refractivity contribution is 5.87. The third-order valence-electron chi connectivity index (χ3n) is 1.51. The Morgan fingerprint density at radius 1 is 1.38 bits per heavy atom. The number of benzene rings is 1.